The minimum atomic E-state index is 0.203. The Morgan fingerprint density at radius 2 is 2.20 bits per heavy atom. The van der Waals surface area contributed by atoms with Crippen molar-refractivity contribution >= 4 is 11.8 Å². The number of nitrogens with two attached hydrogens (primary N) is 1. The molecule has 1 aromatic rings. The molecule has 1 rings (SSSR count). The minimum Gasteiger partial charge on any atom is -0.324 e. The highest BCUT2D eigenvalue weighted by molar-refractivity contribution is 7.98. The first-order valence-electron chi connectivity index (χ1n) is 5.61. The molecule has 0 aliphatic rings. The van der Waals surface area contributed by atoms with Crippen molar-refractivity contribution in [1.29, 1.82) is 0 Å². The molecule has 0 heterocycles. The maximum Gasteiger partial charge on any atom is 0.0302 e. The van der Waals surface area contributed by atoms with E-state index in [1.807, 2.05) is 11.8 Å². The molecule has 1 nitrogen and oxygen atoms in total. The van der Waals surface area contributed by atoms with E-state index in [1.165, 1.54) is 17.5 Å². The Kier molecular flexibility index (Phi) is 5.81. The highest BCUT2D eigenvalue weighted by Crippen LogP contribution is 2.17. The van der Waals surface area contributed by atoms with Crippen LogP contribution in [0.25, 0.3) is 0 Å². The van der Waals surface area contributed by atoms with Gasteiger partial charge in [0.2, 0.25) is 0 Å². The van der Waals surface area contributed by atoms with Gasteiger partial charge >= 0.3 is 0 Å². The van der Waals surface area contributed by atoms with Gasteiger partial charge in [0.05, 0.1) is 0 Å². The second-order valence-corrected chi connectivity index (χ2v) is 4.87. The SMILES string of the molecule is CCCc1cccc(C(N)CCSC)c1. The fraction of sp³-hybridized carbons (Fsp3) is 0.538. The van der Waals surface area contributed by atoms with Crippen LogP contribution in [-0.4, -0.2) is 12.0 Å². The van der Waals surface area contributed by atoms with Crippen molar-refractivity contribution in [3.8, 4) is 0 Å². The van der Waals surface area contributed by atoms with E-state index < -0.39 is 0 Å². The number of hydrogen-bond donors (Lipinski definition) is 1. The lowest BCUT2D eigenvalue weighted by atomic mass is 10.0. The maximum atomic E-state index is 6.13. The Hall–Kier alpha value is -0.470. The molecule has 0 amide bonds. The molecule has 1 unspecified atom stereocenters. The number of aryl methyl sites for hydroxylation is 1. The van der Waals surface area contributed by atoms with Crippen LogP contribution in [0.2, 0.25) is 0 Å². The van der Waals surface area contributed by atoms with Crippen molar-refractivity contribution in [2.45, 2.75) is 32.2 Å². The van der Waals surface area contributed by atoms with E-state index in [0.717, 1.165) is 18.6 Å². The summed E-state index contributed by atoms with van der Waals surface area (Å²) >= 11 is 1.86. The van der Waals surface area contributed by atoms with E-state index in [1.54, 1.807) is 0 Å². The summed E-state index contributed by atoms with van der Waals surface area (Å²) in [4.78, 5) is 0. The maximum absolute atomic E-state index is 6.13. The topological polar surface area (TPSA) is 26.0 Å². The van der Waals surface area contributed by atoms with Crippen LogP contribution in [0, 0.1) is 0 Å². The second kappa shape index (κ2) is 6.91. The van der Waals surface area contributed by atoms with Gasteiger partial charge in [-0.1, -0.05) is 37.6 Å². The molecule has 0 spiro atoms. The normalized spacial score (nSPS) is 12.7. The quantitative estimate of drug-likeness (QED) is 0.800. The van der Waals surface area contributed by atoms with E-state index in [2.05, 4.69) is 37.4 Å². The smallest absolute Gasteiger partial charge is 0.0302 e. The summed E-state index contributed by atoms with van der Waals surface area (Å²) < 4.78 is 0. The van der Waals surface area contributed by atoms with Crippen LogP contribution in [0.4, 0.5) is 0 Å². The summed E-state index contributed by atoms with van der Waals surface area (Å²) in [6.45, 7) is 2.21. The molecule has 84 valence electrons. The summed E-state index contributed by atoms with van der Waals surface area (Å²) in [5.74, 6) is 1.14. The Bertz CT molecular complexity index is 286. The Morgan fingerprint density at radius 1 is 1.40 bits per heavy atom. The van der Waals surface area contributed by atoms with Crippen LogP contribution in [0.5, 0.6) is 0 Å². The standard InChI is InChI=1S/C13H21NS/c1-3-5-11-6-4-7-12(10-11)13(14)8-9-15-2/h4,6-7,10,13H,3,5,8-9,14H2,1-2H3. The lowest BCUT2D eigenvalue weighted by molar-refractivity contribution is 0.703. The summed E-state index contributed by atoms with van der Waals surface area (Å²) in [6, 6.07) is 8.92. The van der Waals surface area contributed by atoms with Crippen LogP contribution < -0.4 is 5.73 Å². The van der Waals surface area contributed by atoms with Gasteiger partial charge < -0.3 is 5.73 Å². The number of thioether (sulfide) groups is 1. The van der Waals surface area contributed by atoms with Crippen LogP contribution in [0.15, 0.2) is 24.3 Å². The first kappa shape index (κ1) is 12.6. The van der Waals surface area contributed by atoms with Crippen LogP contribution in [-0.2, 0) is 6.42 Å². The second-order valence-electron chi connectivity index (χ2n) is 3.88. The van der Waals surface area contributed by atoms with Crippen molar-refractivity contribution in [3.05, 3.63) is 35.4 Å². The number of benzene rings is 1. The van der Waals surface area contributed by atoms with Crippen molar-refractivity contribution < 1.29 is 0 Å². The molecule has 1 aromatic carbocycles. The predicted octanol–water partition coefficient (Wildman–Crippen LogP) is 3.39. The fourth-order valence-corrected chi connectivity index (χ4v) is 2.17. The van der Waals surface area contributed by atoms with E-state index >= 15 is 0 Å². The summed E-state index contributed by atoms with van der Waals surface area (Å²) in [7, 11) is 0. The molecule has 0 saturated carbocycles. The van der Waals surface area contributed by atoms with Gasteiger partial charge in [-0.2, -0.15) is 11.8 Å². The van der Waals surface area contributed by atoms with Crippen molar-refractivity contribution in [1.82, 2.24) is 0 Å². The van der Waals surface area contributed by atoms with E-state index in [0.29, 0.717) is 0 Å². The van der Waals surface area contributed by atoms with Crippen molar-refractivity contribution in [2.24, 2.45) is 5.73 Å². The third-order valence-corrected chi connectivity index (χ3v) is 3.19. The molecule has 0 radical (unpaired) electrons. The van der Waals surface area contributed by atoms with Crippen LogP contribution in [0.1, 0.15) is 36.9 Å². The van der Waals surface area contributed by atoms with E-state index in [9.17, 15) is 0 Å². The first-order chi connectivity index (χ1) is 7.27. The third-order valence-electron chi connectivity index (χ3n) is 2.55. The molecule has 0 aliphatic heterocycles. The zero-order chi connectivity index (χ0) is 11.1. The zero-order valence-corrected chi connectivity index (χ0v) is 10.5. The molecule has 0 fully saturated rings. The van der Waals surface area contributed by atoms with Gasteiger partial charge in [-0.05, 0) is 36.0 Å². The first-order valence-corrected chi connectivity index (χ1v) is 7.00. The van der Waals surface area contributed by atoms with Gasteiger partial charge in [-0.25, -0.2) is 0 Å². The molecular weight excluding hydrogens is 202 g/mol. The largest absolute Gasteiger partial charge is 0.324 e. The Labute approximate surface area is 97.4 Å². The molecule has 0 aliphatic carbocycles. The summed E-state index contributed by atoms with van der Waals surface area (Å²) in [6.07, 6.45) is 5.55. The van der Waals surface area contributed by atoms with E-state index in [-0.39, 0.29) is 6.04 Å². The number of hydrogen-bond acceptors (Lipinski definition) is 2. The molecule has 0 saturated heterocycles. The van der Waals surface area contributed by atoms with Crippen molar-refractivity contribution in [3.63, 3.8) is 0 Å². The van der Waals surface area contributed by atoms with Crippen LogP contribution >= 0.6 is 11.8 Å². The monoisotopic (exact) mass is 223 g/mol. The molecule has 0 bridgehead atoms. The lowest BCUT2D eigenvalue weighted by Gasteiger charge is -2.12. The zero-order valence-electron chi connectivity index (χ0n) is 9.70. The fourth-order valence-electron chi connectivity index (χ4n) is 1.68. The predicted molar refractivity (Wildman–Crippen MR) is 70.4 cm³/mol. The van der Waals surface area contributed by atoms with Gasteiger partial charge in [0.1, 0.15) is 0 Å². The van der Waals surface area contributed by atoms with Crippen molar-refractivity contribution in [2.75, 3.05) is 12.0 Å². The minimum absolute atomic E-state index is 0.203. The summed E-state index contributed by atoms with van der Waals surface area (Å²) in [5.41, 5.74) is 8.83. The van der Waals surface area contributed by atoms with Gasteiger partial charge in [-0.15, -0.1) is 0 Å². The lowest BCUT2D eigenvalue weighted by Crippen LogP contribution is -2.11. The van der Waals surface area contributed by atoms with Crippen LogP contribution in [0.3, 0.4) is 0 Å². The Morgan fingerprint density at radius 3 is 2.87 bits per heavy atom. The van der Waals surface area contributed by atoms with Gasteiger partial charge in [-0.3, -0.25) is 0 Å². The van der Waals surface area contributed by atoms with E-state index in [4.69, 9.17) is 5.73 Å². The van der Waals surface area contributed by atoms with Gasteiger partial charge in [0.15, 0.2) is 0 Å². The summed E-state index contributed by atoms with van der Waals surface area (Å²) in [5, 5.41) is 0. The molecule has 0 aromatic heterocycles. The molecule has 2 heteroatoms. The van der Waals surface area contributed by atoms with Gasteiger partial charge in [0, 0.05) is 6.04 Å². The highest BCUT2D eigenvalue weighted by atomic mass is 32.2. The van der Waals surface area contributed by atoms with Gasteiger partial charge in [0.25, 0.3) is 0 Å². The molecular formula is C13H21NS. The highest BCUT2D eigenvalue weighted by Gasteiger charge is 2.05. The number of rotatable bonds is 6. The molecule has 2 N–H and O–H groups in total. The third kappa shape index (κ3) is 4.27. The molecule has 1 atom stereocenters. The Balaban J connectivity index is 2.62. The average Bonchev–Trinajstić information content (AvgIpc) is 2.27. The molecule has 15 heavy (non-hydrogen) atoms. The average molecular weight is 223 g/mol.